The summed E-state index contributed by atoms with van der Waals surface area (Å²) in [6.07, 6.45) is 0.789. The van der Waals surface area contributed by atoms with Gasteiger partial charge in [-0.15, -0.1) is 11.3 Å². The first-order valence-electron chi connectivity index (χ1n) is 7.54. The average Bonchev–Trinajstić information content (AvgIpc) is 3.00. The van der Waals surface area contributed by atoms with Crippen molar-refractivity contribution >= 4 is 33.0 Å². The number of aryl methyl sites for hydroxylation is 1. The molecule has 0 bridgehead atoms. The molecular weight excluding hydrogens is 348 g/mol. The molecule has 0 atom stereocenters. The van der Waals surface area contributed by atoms with Crippen LogP contribution in [0.15, 0.2) is 34.5 Å². The zero-order valence-corrected chi connectivity index (χ0v) is 15.0. The third-order valence-electron chi connectivity index (χ3n) is 3.74. The Morgan fingerprint density at radius 2 is 2.08 bits per heavy atom. The number of sulfonamides is 1. The van der Waals surface area contributed by atoms with Crippen molar-refractivity contribution in [2.75, 3.05) is 24.9 Å². The Bertz CT molecular complexity index is 874. The quantitative estimate of drug-likeness (QED) is 0.902. The fourth-order valence-electron chi connectivity index (χ4n) is 2.38. The summed E-state index contributed by atoms with van der Waals surface area (Å²) in [6, 6.07) is 8.14. The molecule has 0 aliphatic carbocycles. The van der Waals surface area contributed by atoms with Crippen molar-refractivity contribution in [3.63, 3.8) is 0 Å². The summed E-state index contributed by atoms with van der Waals surface area (Å²) in [5.41, 5.74) is 0.697. The van der Waals surface area contributed by atoms with E-state index in [0.29, 0.717) is 30.2 Å². The molecular formula is C16H18N2O4S2. The van der Waals surface area contributed by atoms with Crippen LogP contribution in [-0.4, -0.2) is 39.4 Å². The van der Waals surface area contributed by atoms with Crippen LogP contribution < -0.4 is 9.46 Å². The van der Waals surface area contributed by atoms with Crippen LogP contribution in [0.5, 0.6) is 5.75 Å². The van der Waals surface area contributed by atoms with Gasteiger partial charge in [-0.05, 0) is 36.8 Å². The van der Waals surface area contributed by atoms with Crippen molar-refractivity contribution in [1.82, 2.24) is 4.90 Å². The van der Waals surface area contributed by atoms with E-state index in [-0.39, 0.29) is 10.1 Å². The van der Waals surface area contributed by atoms with E-state index < -0.39 is 10.0 Å². The summed E-state index contributed by atoms with van der Waals surface area (Å²) in [5, 5.41) is 0. The number of thiophene rings is 1. The smallest absolute Gasteiger partial charge is 0.271 e. The van der Waals surface area contributed by atoms with Gasteiger partial charge in [0.1, 0.15) is 16.6 Å². The lowest BCUT2D eigenvalue weighted by Crippen LogP contribution is -2.27. The first-order chi connectivity index (χ1) is 11.4. The van der Waals surface area contributed by atoms with Crippen LogP contribution in [0.1, 0.15) is 22.2 Å². The van der Waals surface area contributed by atoms with E-state index in [0.717, 1.165) is 11.3 Å². The van der Waals surface area contributed by atoms with Crippen molar-refractivity contribution in [3.05, 3.63) is 40.8 Å². The van der Waals surface area contributed by atoms with Gasteiger partial charge in [-0.25, -0.2) is 8.42 Å². The maximum atomic E-state index is 12.5. The Hall–Kier alpha value is -2.06. The number of benzene rings is 1. The molecule has 1 aromatic heterocycles. The van der Waals surface area contributed by atoms with Crippen LogP contribution in [0.3, 0.4) is 0 Å². The summed E-state index contributed by atoms with van der Waals surface area (Å²) in [4.78, 5) is 14.9. The number of rotatable bonds is 4. The van der Waals surface area contributed by atoms with E-state index in [9.17, 15) is 13.2 Å². The maximum Gasteiger partial charge on any atom is 0.271 e. The molecule has 0 fully saturated rings. The van der Waals surface area contributed by atoms with Crippen molar-refractivity contribution < 1.29 is 17.9 Å². The minimum Gasteiger partial charge on any atom is -0.491 e. The van der Waals surface area contributed by atoms with Crippen molar-refractivity contribution in [3.8, 4) is 5.75 Å². The van der Waals surface area contributed by atoms with E-state index in [1.807, 2.05) is 13.0 Å². The lowest BCUT2D eigenvalue weighted by atomic mass is 10.1. The summed E-state index contributed by atoms with van der Waals surface area (Å²) in [6.45, 7) is 2.88. The van der Waals surface area contributed by atoms with Crippen LogP contribution in [0.4, 0.5) is 5.69 Å². The molecule has 128 valence electrons. The highest BCUT2D eigenvalue weighted by Gasteiger charge is 2.23. The van der Waals surface area contributed by atoms with Gasteiger partial charge in [0.25, 0.3) is 15.9 Å². The van der Waals surface area contributed by atoms with Gasteiger partial charge in [-0.3, -0.25) is 9.52 Å². The second-order valence-corrected chi connectivity index (χ2v) is 8.54. The number of likely N-dealkylation sites (N-methyl/N-ethyl adjacent to an activating group) is 1. The number of nitrogens with one attached hydrogen (secondary N) is 1. The molecule has 3 rings (SSSR count). The summed E-state index contributed by atoms with van der Waals surface area (Å²) >= 11 is 1.24. The van der Waals surface area contributed by atoms with Crippen molar-refractivity contribution in [2.45, 2.75) is 17.6 Å². The SMILES string of the molecule is CCc1ccc(S(=O)(=O)Nc2ccc3c(c2)C(=O)N(C)CCO3)s1. The van der Waals surface area contributed by atoms with Crippen LogP contribution in [0, 0.1) is 0 Å². The van der Waals surface area contributed by atoms with Gasteiger partial charge < -0.3 is 9.64 Å². The van der Waals surface area contributed by atoms with Crippen LogP contribution >= 0.6 is 11.3 Å². The van der Waals surface area contributed by atoms with Gasteiger partial charge in [0.2, 0.25) is 0 Å². The molecule has 6 nitrogen and oxygen atoms in total. The number of carbonyl (C=O) groups is 1. The fourth-order valence-corrected chi connectivity index (χ4v) is 4.73. The van der Waals surface area contributed by atoms with E-state index >= 15 is 0 Å². The Morgan fingerprint density at radius 1 is 1.29 bits per heavy atom. The molecule has 1 N–H and O–H groups in total. The number of carbonyl (C=O) groups excluding carboxylic acids is 1. The Morgan fingerprint density at radius 3 is 2.79 bits per heavy atom. The number of anilines is 1. The standard InChI is InChI=1S/C16H18N2O4S2/c1-3-12-5-7-15(23-12)24(20,21)17-11-4-6-14-13(10-11)16(19)18(2)8-9-22-14/h4-7,10,17H,3,8-9H2,1-2H3. The van der Waals surface area contributed by atoms with Gasteiger partial charge in [-0.2, -0.15) is 0 Å². The molecule has 8 heteroatoms. The van der Waals surface area contributed by atoms with E-state index in [1.54, 1.807) is 30.1 Å². The summed E-state index contributed by atoms with van der Waals surface area (Å²) in [5.74, 6) is 0.282. The van der Waals surface area contributed by atoms with E-state index in [1.165, 1.54) is 17.4 Å². The number of hydrogen-bond acceptors (Lipinski definition) is 5. The summed E-state index contributed by atoms with van der Waals surface area (Å²) in [7, 11) is -1.98. The molecule has 1 aliphatic heterocycles. The molecule has 0 spiro atoms. The Kier molecular flexibility index (Phi) is 4.51. The Balaban J connectivity index is 1.91. The predicted molar refractivity (Wildman–Crippen MR) is 93.4 cm³/mol. The van der Waals surface area contributed by atoms with Gasteiger partial charge in [-0.1, -0.05) is 6.92 Å². The van der Waals surface area contributed by atoms with E-state index in [4.69, 9.17) is 4.74 Å². The minimum absolute atomic E-state index is 0.187. The lowest BCUT2D eigenvalue weighted by molar-refractivity contribution is 0.0797. The minimum atomic E-state index is -3.67. The average molecular weight is 366 g/mol. The second-order valence-electron chi connectivity index (χ2n) is 5.47. The van der Waals surface area contributed by atoms with E-state index in [2.05, 4.69) is 4.72 Å². The highest BCUT2D eigenvalue weighted by molar-refractivity contribution is 7.94. The Labute approximate surface area is 145 Å². The molecule has 1 amide bonds. The first-order valence-corrected chi connectivity index (χ1v) is 9.84. The fraction of sp³-hybridized carbons (Fsp3) is 0.312. The lowest BCUT2D eigenvalue weighted by Gasteiger charge is -2.13. The summed E-state index contributed by atoms with van der Waals surface area (Å²) < 4.78 is 33.3. The third-order valence-corrected chi connectivity index (χ3v) is 6.85. The van der Waals surface area contributed by atoms with Crippen molar-refractivity contribution in [2.24, 2.45) is 0 Å². The third kappa shape index (κ3) is 3.25. The topological polar surface area (TPSA) is 75.7 Å². The zero-order chi connectivity index (χ0) is 17.3. The van der Waals surface area contributed by atoms with Gasteiger partial charge in [0.15, 0.2) is 0 Å². The van der Waals surface area contributed by atoms with Gasteiger partial charge in [0, 0.05) is 17.6 Å². The normalized spacial score (nSPS) is 14.8. The van der Waals surface area contributed by atoms with Gasteiger partial charge >= 0.3 is 0 Å². The zero-order valence-electron chi connectivity index (χ0n) is 13.4. The number of nitrogens with zero attached hydrogens (tertiary/aromatic N) is 1. The van der Waals surface area contributed by atoms with Crippen LogP contribution in [-0.2, 0) is 16.4 Å². The van der Waals surface area contributed by atoms with Crippen molar-refractivity contribution in [1.29, 1.82) is 0 Å². The van der Waals surface area contributed by atoms with Crippen LogP contribution in [0.25, 0.3) is 0 Å². The number of ether oxygens (including phenoxy) is 1. The molecule has 1 aliphatic rings. The van der Waals surface area contributed by atoms with Crippen LogP contribution in [0.2, 0.25) is 0 Å². The highest BCUT2D eigenvalue weighted by Crippen LogP contribution is 2.29. The second kappa shape index (κ2) is 6.45. The highest BCUT2D eigenvalue weighted by atomic mass is 32.2. The first kappa shape index (κ1) is 16.8. The monoisotopic (exact) mass is 366 g/mol. The molecule has 1 aromatic carbocycles. The number of amides is 1. The number of fused-ring (bicyclic) bond motifs is 1. The molecule has 24 heavy (non-hydrogen) atoms. The largest absolute Gasteiger partial charge is 0.491 e. The molecule has 2 heterocycles. The molecule has 0 saturated carbocycles. The van der Waals surface area contributed by atoms with Gasteiger partial charge in [0.05, 0.1) is 12.1 Å². The predicted octanol–water partition coefficient (Wildman–Crippen LogP) is 2.58. The molecule has 0 radical (unpaired) electrons. The molecule has 0 unspecified atom stereocenters. The molecule has 2 aromatic rings. The maximum absolute atomic E-state index is 12.5. The number of hydrogen-bond donors (Lipinski definition) is 1. The molecule has 0 saturated heterocycles.